The third-order valence-corrected chi connectivity index (χ3v) is 6.23. The van der Waals surface area contributed by atoms with Crippen molar-refractivity contribution >= 4 is 23.5 Å². The van der Waals surface area contributed by atoms with Gasteiger partial charge >= 0.3 is 5.97 Å². The molecule has 0 fully saturated rings. The normalized spacial score (nSPS) is 17.3. The van der Waals surface area contributed by atoms with E-state index >= 15 is 0 Å². The number of aromatic nitrogens is 2. The molecule has 1 N–H and O–H groups in total. The van der Waals surface area contributed by atoms with Gasteiger partial charge in [-0.25, -0.2) is 9.78 Å². The largest absolute Gasteiger partial charge is 0.464 e. The van der Waals surface area contributed by atoms with Gasteiger partial charge in [0.1, 0.15) is 11.2 Å². The lowest BCUT2D eigenvalue weighted by Gasteiger charge is -2.43. The highest BCUT2D eigenvalue weighted by Gasteiger charge is 2.49. The summed E-state index contributed by atoms with van der Waals surface area (Å²) >= 11 is 0. The number of ether oxygens (including phenoxy) is 1. The molecule has 0 saturated heterocycles. The molecule has 1 aromatic heterocycles. The lowest BCUT2D eigenvalue weighted by molar-refractivity contribution is -0.126. The lowest BCUT2D eigenvalue weighted by atomic mass is 9.92. The van der Waals surface area contributed by atoms with Gasteiger partial charge in [0.05, 0.1) is 20.0 Å². The summed E-state index contributed by atoms with van der Waals surface area (Å²) in [6.07, 6.45) is 2.18. The summed E-state index contributed by atoms with van der Waals surface area (Å²) in [6.45, 7) is 6.22. The van der Waals surface area contributed by atoms with Gasteiger partial charge in [0.25, 0.3) is 5.91 Å². The van der Waals surface area contributed by atoms with E-state index in [2.05, 4.69) is 10.3 Å². The number of carbonyl (C=O) groups excluding carboxylic acids is 3. The van der Waals surface area contributed by atoms with Crippen molar-refractivity contribution < 1.29 is 19.1 Å². The van der Waals surface area contributed by atoms with Crippen molar-refractivity contribution in [3.8, 4) is 0 Å². The number of esters is 1. The Morgan fingerprint density at radius 3 is 2.56 bits per heavy atom. The van der Waals surface area contributed by atoms with Crippen molar-refractivity contribution in [2.24, 2.45) is 0 Å². The van der Waals surface area contributed by atoms with E-state index in [0.717, 1.165) is 23.1 Å². The van der Waals surface area contributed by atoms with Gasteiger partial charge in [0.2, 0.25) is 5.91 Å². The van der Waals surface area contributed by atoms with Gasteiger partial charge in [-0.2, -0.15) is 0 Å². The Morgan fingerprint density at radius 1 is 1.15 bits per heavy atom. The molecule has 2 aromatic carbocycles. The number of rotatable bonds is 6. The number of anilines is 1. The van der Waals surface area contributed by atoms with Crippen molar-refractivity contribution in [3.63, 3.8) is 0 Å². The molecular weight excluding hydrogens is 432 g/mol. The number of methoxy groups -OCH3 is 1. The second kappa shape index (κ2) is 9.13. The number of fused-ring (bicyclic) bond motifs is 1. The van der Waals surface area contributed by atoms with Crippen molar-refractivity contribution in [3.05, 3.63) is 82.9 Å². The maximum atomic E-state index is 13.8. The number of amides is 2. The summed E-state index contributed by atoms with van der Waals surface area (Å²) in [5, 5.41) is 2.99. The SMILES string of the molecule is CCc1cccc(N2C(=O)c3c(C(=O)OC)ncn3C[C@@]2(C)C(=O)NCc2ccc(C)cc2)c1. The van der Waals surface area contributed by atoms with Gasteiger partial charge in [0, 0.05) is 12.2 Å². The molecule has 34 heavy (non-hydrogen) atoms. The molecule has 8 nitrogen and oxygen atoms in total. The van der Waals surface area contributed by atoms with Crippen LogP contribution in [-0.2, 0) is 29.0 Å². The maximum Gasteiger partial charge on any atom is 0.359 e. The summed E-state index contributed by atoms with van der Waals surface area (Å²) in [4.78, 5) is 45.3. The highest BCUT2D eigenvalue weighted by Crippen LogP contribution is 2.34. The van der Waals surface area contributed by atoms with Gasteiger partial charge in [0.15, 0.2) is 5.69 Å². The third kappa shape index (κ3) is 4.07. The van der Waals surface area contributed by atoms with E-state index in [1.165, 1.54) is 18.3 Å². The highest BCUT2D eigenvalue weighted by molar-refractivity contribution is 6.15. The van der Waals surface area contributed by atoms with E-state index in [4.69, 9.17) is 4.74 Å². The Labute approximate surface area is 198 Å². The van der Waals surface area contributed by atoms with Gasteiger partial charge in [-0.05, 0) is 43.5 Å². The van der Waals surface area contributed by atoms with Crippen molar-refractivity contribution in [1.29, 1.82) is 0 Å². The first-order chi connectivity index (χ1) is 16.3. The average molecular weight is 461 g/mol. The fraction of sp³-hybridized carbons (Fsp3) is 0.308. The Hall–Kier alpha value is -3.94. The van der Waals surface area contributed by atoms with Crippen LogP contribution in [0.3, 0.4) is 0 Å². The first-order valence-electron chi connectivity index (χ1n) is 11.2. The predicted molar refractivity (Wildman–Crippen MR) is 128 cm³/mol. The van der Waals surface area contributed by atoms with E-state index in [0.29, 0.717) is 12.2 Å². The van der Waals surface area contributed by atoms with Gasteiger partial charge in [-0.3, -0.25) is 14.5 Å². The molecule has 4 rings (SSSR count). The highest BCUT2D eigenvalue weighted by atomic mass is 16.5. The molecule has 0 bridgehead atoms. The number of hydrogen-bond acceptors (Lipinski definition) is 5. The van der Waals surface area contributed by atoms with Crippen molar-refractivity contribution in [1.82, 2.24) is 14.9 Å². The van der Waals surface area contributed by atoms with Gasteiger partial charge in [-0.15, -0.1) is 0 Å². The van der Waals surface area contributed by atoms with Crippen LogP contribution in [0, 0.1) is 6.92 Å². The monoisotopic (exact) mass is 460 g/mol. The molecule has 1 atom stereocenters. The van der Waals surface area contributed by atoms with Crippen LogP contribution in [0.15, 0.2) is 54.9 Å². The zero-order valence-corrected chi connectivity index (χ0v) is 19.8. The van der Waals surface area contributed by atoms with Crippen LogP contribution in [-0.4, -0.2) is 40.0 Å². The Balaban J connectivity index is 1.75. The van der Waals surface area contributed by atoms with E-state index in [9.17, 15) is 14.4 Å². The smallest absolute Gasteiger partial charge is 0.359 e. The van der Waals surface area contributed by atoms with Crippen molar-refractivity contribution in [2.75, 3.05) is 12.0 Å². The van der Waals surface area contributed by atoms with Crippen LogP contribution < -0.4 is 10.2 Å². The third-order valence-electron chi connectivity index (χ3n) is 6.23. The number of imidazole rings is 1. The zero-order valence-electron chi connectivity index (χ0n) is 19.8. The minimum Gasteiger partial charge on any atom is -0.464 e. The summed E-state index contributed by atoms with van der Waals surface area (Å²) in [5.74, 6) is -1.48. The van der Waals surface area contributed by atoms with Crippen LogP contribution in [0.25, 0.3) is 0 Å². The van der Waals surface area contributed by atoms with Crippen LogP contribution >= 0.6 is 0 Å². The fourth-order valence-electron chi connectivity index (χ4n) is 4.27. The zero-order chi connectivity index (χ0) is 24.5. The second-order valence-corrected chi connectivity index (χ2v) is 8.67. The molecule has 3 aromatic rings. The fourth-order valence-corrected chi connectivity index (χ4v) is 4.27. The van der Waals surface area contributed by atoms with Crippen molar-refractivity contribution in [2.45, 2.75) is 45.8 Å². The Morgan fingerprint density at radius 2 is 1.88 bits per heavy atom. The summed E-state index contributed by atoms with van der Waals surface area (Å²) in [5.41, 5.74) is 2.50. The molecule has 0 unspecified atom stereocenters. The maximum absolute atomic E-state index is 13.8. The summed E-state index contributed by atoms with van der Waals surface area (Å²) < 4.78 is 6.37. The van der Waals surface area contributed by atoms with E-state index in [1.807, 2.05) is 56.3 Å². The van der Waals surface area contributed by atoms with Crippen LogP contribution in [0.1, 0.15) is 51.5 Å². The average Bonchev–Trinajstić information content (AvgIpc) is 3.26. The molecule has 8 heteroatoms. The second-order valence-electron chi connectivity index (χ2n) is 8.67. The first-order valence-corrected chi connectivity index (χ1v) is 11.2. The first kappa shape index (κ1) is 23.2. The van der Waals surface area contributed by atoms with Crippen LogP contribution in [0.2, 0.25) is 0 Å². The number of nitrogens with zero attached hydrogens (tertiary/aromatic N) is 3. The van der Waals surface area contributed by atoms with E-state index < -0.39 is 17.4 Å². The molecule has 2 heterocycles. The number of aryl methyl sites for hydroxylation is 2. The number of nitrogens with one attached hydrogen (secondary N) is 1. The molecule has 1 aliphatic rings. The van der Waals surface area contributed by atoms with Gasteiger partial charge in [-0.1, -0.05) is 48.9 Å². The molecule has 0 saturated carbocycles. The number of carbonyl (C=O) groups is 3. The van der Waals surface area contributed by atoms with E-state index in [-0.39, 0.29) is 23.8 Å². The molecule has 176 valence electrons. The minimum absolute atomic E-state index is 0.0636. The molecular formula is C26H28N4O4. The standard InChI is InChI=1S/C26H28N4O4/c1-5-18-7-6-8-20(13-18)30-23(31)22-21(24(32)34-4)28-16-29(22)15-26(30,3)25(33)27-14-19-11-9-17(2)10-12-19/h6-13,16H,5,14-15H2,1-4H3,(H,27,33)/t26-/m0/s1. The minimum atomic E-state index is -1.25. The molecule has 0 aliphatic carbocycles. The Kier molecular flexibility index (Phi) is 6.24. The molecule has 2 amide bonds. The number of hydrogen-bond donors (Lipinski definition) is 1. The van der Waals surface area contributed by atoms with Crippen LogP contribution in [0.4, 0.5) is 5.69 Å². The quantitative estimate of drug-likeness (QED) is 0.570. The van der Waals surface area contributed by atoms with Gasteiger partial charge < -0.3 is 14.6 Å². The Bertz CT molecular complexity index is 1250. The van der Waals surface area contributed by atoms with Crippen LogP contribution in [0.5, 0.6) is 0 Å². The molecule has 0 spiro atoms. The lowest BCUT2D eigenvalue weighted by Crippen LogP contribution is -2.64. The summed E-state index contributed by atoms with van der Waals surface area (Å²) in [6, 6.07) is 15.4. The molecule has 1 aliphatic heterocycles. The predicted octanol–water partition coefficient (Wildman–Crippen LogP) is 3.28. The topological polar surface area (TPSA) is 93.5 Å². The summed E-state index contributed by atoms with van der Waals surface area (Å²) in [7, 11) is 1.24. The number of benzene rings is 2. The van der Waals surface area contributed by atoms with E-state index in [1.54, 1.807) is 17.6 Å². The molecule has 0 radical (unpaired) electrons.